The van der Waals surface area contributed by atoms with E-state index in [4.69, 9.17) is 15.9 Å². The van der Waals surface area contributed by atoms with Crippen LogP contribution in [0, 0.1) is 12.8 Å². The topological polar surface area (TPSA) is 121 Å². The van der Waals surface area contributed by atoms with Gasteiger partial charge in [-0.3, -0.25) is 9.59 Å². The average molecular weight is 267 g/mol. The van der Waals surface area contributed by atoms with E-state index >= 15 is 0 Å². The smallest absolute Gasteiger partial charge is 0.320 e. The lowest BCUT2D eigenvalue weighted by atomic mass is 9.92. The summed E-state index contributed by atoms with van der Waals surface area (Å²) in [5, 5.41) is 27.2. The lowest BCUT2D eigenvalue weighted by Gasteiger charge is -2.15. The maximum absolute atomic E-state index is 11.1. The van der Waals surface area contributed by atoms with Gasteiger partial charge in [0.1, 0.15) is 11.8 Å². The Labute approximate surface area is 110 Å². The zero-order chi connectivity index (χ0) is 14.6. The molecule has 0 aliphatic heterocycles. The quantitative estimate of drug-likeness (QED) is 0.603. The Morgan fingerprint density at radius 2 is 1.89 bits per heavy atom. The normalized spacial score (nSPS) is 13.8. The minimum Gasteiger partial charge on any atom is -0.508 e. The molecule has 0 saturated carbocycles. The van der Waals surface area contributed by atoms with Gasteiger partial charge in [0.2, 0.25) is 0 Å². The summed E-state index contributed by atoms with van der Waals surface area (Å²) < 4.78 is 0. The summed E-state index contributed by atoms with van der Waals surface area (Å²) in [6.07, 6.45) is 0.0437. The molecule has 5 N–H and O–H groups in total. The van der Waals surface area contributed by atoms with Gasteiger partial charge in [-0.2, -0.15) is 0 Å². The molecule has 0 fully saturated rings. The number of carbonyl (C=O) groups is 2. The molecule has 0 aliphatic carbocycles. The van der Waals surface area contributed by atoms with Gasteiger partial charge in [-0.25, -0.2) is 0 Å². The molecule has 1 aromatic carbocycles. The van der Waals surface area contributed by atoms with Gasteiger partial charge in [-0.15, -0.1) is 0 Å². The van der Waals surface area contributed by atoms with E-state index in [1.807, 2.05) is 0 Å². The number of aromatic hydroxyl groups is 1. The molecule has 2 unspecified atom stereocenters. The lowest BCUT2D eigenvalue weighted by molar-refractivity contribution is -0.143. The Bertz CT molecular complexity index is 486. The van der Waals surface area contributed by atoms with E-state index in [1.165, 1.54) is 6.07 Å². The number of benzene rings is 1. The van der Waals surface area contributed by atoms with Crippen molar-refractivity contribution < 1.29 is 24.9 Å². The standard InChI is InChI=1S/C13H17NO5/c1-7-4-8(2-3-11(7)15)5-9(12(16)17)6-10(14)13(18)19/h2-4,9-10,15H,5-6,14H2,1H3,(H,16,17)(H,18,19). The van der Waals surface area contributed by atoms with Crippen LogP contribution in [0.3, 0.4) is 0 Å². The number of rotatable bonds is 6. The first-order valence-corrected chi connectivity index (χ1v) is 5.81. The van der Waals surface area contributed by atoms with E-state index in [-0.39, 0.29) is 18.6 Å². The SMILES string of the molecule is Cc1cc(CC(CC(N)C(=O)O)C(=O)O)ccc1O. The van der Waals surface area contributed by atoms with Crippen molar-refractivity contribution in [1.29, 1.82) is 0 Å². The van der Waals surface area contributed by atoms with E-state index in [0.29, 0.717) is 5.56 Å². The Morgan fingerprint density at radius 3 is 2.37 bits per heavy atom. The summed E-state index contributed by atoms with van der Waals surface area (Å²) >= 11 is 0. The zero-order valence-corrected chi connectivity index (χ0v) is 10.5. The van der Waals surface area contributed by atoms with E-state index in [1.54, 1.807) is 19.1 Å². The van der Waals surface area contributed by atoms with Crippen molar-refractivity contribution in [3.8, 4) is 5.75 Å². The Kier molecular flexibility index (Phi) is 4.88. The predicted molar refractivity (Wildman–Crippen MR) is 67.9 cm³/mol. The molecule has 104 valence electrons. The van der Waals surface area contributed by atoms with Crippen molar-refractivity contribution in [2.24, 2.45) is 11.7 Å². The molecule has 0 spiro atoms. The molecule has 2 atom stereocenters. The van der Waals surface area contributed by atoms with Gasteiger partial charge in [0.05, 0.1) is 5.92 Å². The van der Waals surface area contributed by atoms with Crippen LogP contribution in [0.2, 0.25) is 0 Å². The summed E-state index contributed by atoms with van der Waals surface area (Å²) in [6, 6.07) is 3.59. The van der Waals surface area contributed by atoms with Crippen LogP contribution in [-0.2, 0) is 16.0 Å². The highest BCUT2D eigenvalue weighted by Gasteiger charge is 2.24. The highest BCUT2D eigenvalue weighted by atomic mass is 16.4. The molecular weight excluding hydrogens is 250 g/mol. The van der Waals surface area contributed by atoms with Crippen LogP contribution >= 0.6 is 0 Å². The summed E-state index contributed by atoms with van der Waals surface area (Å²) in [5.41, 5.74) is 6.73. The second-order valence-electron chi connectivity index (χ2n) is 4.54. The second kappa shape index (κ2) is 6.19. The third-order valence-corrected chi connectivity index (χ3v) is 2.95. The van der Waals surface area contributed by atoms with Gasteiger partial charge >= 0.3 is 11.9 Å². The third-order valence-electron chi connectivity index (χ3n) is 2.95. The largest absolute Gasteiger partial charge is 0.508 e. The molecule has 6 heteroatoms. The number of nitrogens with two attached hydrogens (primary N) is 1. The average Bonchev–Trinajstić information content (AvgIpc) is 2.32. The predicted octanol–water partition coefficient (Wildman–Crippen LogP) is 0.746. The van der Waals surface area contributed by atoms with Crippen LogP contribution in [0.1, 0.15) is 17.5 Å². The summed E-state index contributed by atoms with van der Waals surface area (Å²) in [7, 11) is 0. The number of phenolic OH excluding ortho intramolecular Hbond substituents is 1. The maximum atomic E-state index is 11.1. The molecule has 0 heterocycles. The molecule has 1 aromatic rings. The first-order valence-electron chi connectivity index (χ1n) is 5.81. The fourth-order valence-corrected chi connectivity index (χ4v) is 1.81. The highest BCUT2D eigenvalue weighted by Crippen LogP contribution is 2.21. The fourth-order valence-electron chi connectivity index (χ4n) is 1.81. The lowest BCUT2D eigenvalue weighted by Crippen LogP contribution is -2.35. The van der Waals surface area contributed by atoms with Gasteiger partial charge in [0.15, 0.2) is 0 Å². The molecule has 0 bridgehead atoms. The Balaban J connectivity index is 2.81. The number of hydrogen-bond donors (Lipinski definition) is 4. The van der Waals surface area contributed by atoms with Gasteiger partial charge in [-0.1, -0.05) is 12.1 Å². The minimum atomic E-state index is -1.21. The summed E-state index contributed by atoms with van der Waals surface area (Å²) in [4.78, 5) is 21.8. The van der Waals surface area contributed by atoms with Crippen LogP contribution in [0.4, 0.5) is 0 Å². The van der Waals surface area contributed by atoms with E-state index in [0.717, 1.165) is 5.56 Å². The zero-order valence-electron chi connectivity index (χ0n) is 10.5. The van der Waals surface area contributed by atoms with E-state index < -0.39 is 23.9 Å². The van der Waals surface area contributed by atoms with Crippen molar-refractivity contribution in [2.75, 3.05) is 0 Å². The van der Waals surface area contributed by atoms with Crippen molar-refractivity contribution in [3.05, 3.63) is 29.3 Å². The number of aliphatic carboxylic acids is 2. The van der Waals surface area contributed by atoms with Crippen molar-refractivity contribution >= 4 is 11.9 Å². The molecule has 0 aromatic heterocycles. The molecular formula is C13H17NO5. The van der Waals surface area contributed by atoms with Crippen LogP contribution in [-0.4, -0.2) is 33.3 Å². The van der Waals surface area contributed by atoms with Crippen LogP contribution in [0.15, 0.2) is 18.2 Å². The van der Waals surface area contributed by atoms with Crippen LogP contribution in [0.5, 0.6) is 5.75 Å². The molecule has 19 heavy (non-hydrogen) atoms. The van der Waals surface area contributed by atoms with Gasteiger partial charge in [0.25, 0.3) is 0 Å². The molecule has 0 amide bonds. The third kappa shape index (κ3) is 4.26. The minimum absolute atomic E-state index is 0.134. The van der Waals surface area contributed by atoms with Crippen LogP contribution < -0.4 is 5.73 Å². The van der Waals surface area contributed by atoms with Crippen molar-refractivity contribution in [1.82, 2.24) is 0 Å². The second-order valence-corrected chi connectivity index (χ2v) is 4.54. The number of phenols is 1. The summed E-state index contributed by atoms with van der Waals surface area (Å²) in [6.45, 7) is 1.71. The maximum Gasteiger partial charge on any atom is 0.320 e. The van der Waals surface area contributed by atoms with Crippen molar-refractivity contribution in [2.45, 2.75) is 25.8 Å². The number of hydrogen-bond acceptors (Lipinski definition) is 4. The molecule has 1 rings (SSSR count). The van der Waals surface area contributed by atoms with Gasteiger partial charge in [-0.05, 0) is 37.0 Å². The Morgan fingerprint density at radius 1 is 1.26 bits per heavy atom. The molecule has 0 radical (unpaired) electrons. The van der Waals surface area contributed by atoms with E-state index in [2.05, 4.69) is 0 Å². The summed E-state index contributed by atoms with van der Waals surface area (Å²) in [5.74, 6) is -3.02. The first-order chi connectivity index (χ1) is 8.81. The number of carboxylic acid groups (broad SMARTS) is 2. The van der Waals surface area contributed by atoms with Crippen molar-refractivity contribution in [3.63, 3.8) is 0 Å². The number of carboxylic acids is 2. The Hall–Kier alpha value is -2.08. The van der Waals surface area contributed by atoms with Gasteiger partial charge in [0, 0.05) is 0 Å². The monoisotopic (exact) mass is 267 g/mol. The van der Waals surface area contributed by atoms with Crippen LogP contribution in [0.25, 0.3) is 0 Å². The first kappa shape index (κ1) is 15.0. The molecule has 6 nitrogen and oxygen atoms in total. The molecule has 0 saturated heterocycles. The fraction of sp³-hybridized carbons (Fsp3) is 0.385. The van der Waals surface area contributed by atoms with Gasteiger partial charge < -0.3 is 21.1 Å². The number of aryl methyl sites for hydroxylation is 1. The van der Waals surface area contributed by atoms with E-state index in [9.17, 15) is 14.7 Å². The highest BCUT2D eigenvalue weighted by molar-refractivity contribution is 5.76. The molecule has 0 aliphatic rings.